The number of benzene rings is 2. The molecule has 0 aliphatic carbocycles. The fraction of sp³-hybridized carbons (Fsp3) is 0.333. The van der Waals surface area contributed by atoms with E-state index in [9.17, 15) is 14.0 Å². The number of amides is 2. The van der Waals surface area contributed by atoms with Crippen molar-refractivity contribution in [2.45, 2.75) is 44.7 Å². The van der Waals surface area contributed by atoms with Crippen molar-refractivity contribution in [2.75, 3.05) is 13.2 Å². The Morgan fingerprint density at radius 3 is 2.78 bits per heavy atom. The van der Waals surface area contributed by atoms with E-state index in [4.69, 9.17) is 16.3 Å². The number of carbonyl (C=O) groups excluding carboxylic acids is 2. The summed E-state index contributed by atoms with van der Waals surface area (Å²) in [4.78, 5) is 27.8. The van der Waals surface area contributed by atoms with Crippen LogP contribution in [0, 0.1) is 18.7 Å². The van der Waals surface area contributed by atoms with Crippen molar-refractivity contribution in [3.05, 3.63) is 106 Å². The smallest absolute Gasteiger partial charge is 0.416 e. The Bertz CT molecular complexity index is 1420. The molecule has 1 aromatic heterocycles. The number of hydrazine groups is 1. The van der Waals surface area contributed by atoms with Crippen molar-refractivity contribution in [3.63, 3.8) is 0 Å². The topological polar surface area (TPSA) is 108 Å². The van der Waals surface area contributed by atoms with Gasteiger partial charge in [-0.3, -0.25) is 4.79 Å². The quantitative estimate of drug-likeness (QED) is 0.288. The fourth-order valence-electron chi connectivity index (χ4n) is 5.19. The van der Waals surface area contributed by atoms with Gasteiger partial charge >= 0.3 is 6.09 Å². The molecule has 0 spiro atoms. The Morgan fingerprint density at radius 2 is 2.00 bits per heavy atom. The number of hydrogen-bond donors (Lipinski definition) is 3. The molecule has 3 heterocycles. The van der Waals surface area contributed by atoms with Crippen LogP contribution in [0.3, 0.4) is 0 Å². The molecule has 3 atom stereocenters. The summed E-state index contributed by atoms with van der Waals surface area (Å²) in [5, 5.41) is 11.2. The lowest BCUT2D eigenvalue weighted by Gasteiger charge is -2.25. The van der Waals surface area contributed by atoms with E-state index in [0.717, 1.165) is 22.5 Å². The lowest BCUT2D eigenvalue weighted by molar-refractivity contribution is -0.133. The summed E-state index contributed by atoms with van der Waals surface area (Å²) in [6, 6.07) is 13.8. The van der Waals surface area contributed by atoms with Crippen molar-refractivity contribution in [3.8, 4) is 0 Å². The van der Waals surface area contributed by atoms with Gasteiger partial charge in [0.1, 0.15) is 18.2 Å². The van der Waals surface area contributed by atoms with Gasteiger partial charge in [-0.1, -0.05) is 48.0 Å². The predicted molar refractivity (Wildman–Crippen MR) is 152 cm³/mol. The normalized spacial score (nSPS) is 19.0. The number of aryl methyl sites for hydroxylation is 1. The van der Waals surface area contributed by atoms with Gasteiger partial charge in [0.05, 0.1) is 29.5 Å². The average molecular weight is 579 g/mol. The molecule has 214 valence electrons. The Morgan fingerprint density at radius 1 is 1.20 bits per heavy atom. The molecule has 9 nitrogen and oxygen atoms in total. The van der Waals surface area contributed by atoms with Crippen LogP contribution in [0.25, 0.3) is 0 Å². The molecule has 3 aromatic rings. The maximum Gasteiger partial charge on any atom is 0.416 e. The first-order chi connectivity index (χ1) is 19.9. The van der Waals surface area contributed by atoms with E-state index in [2.05, 4.69) is 26.4 Å². The van der Waals surface area contributed by atoms with E-state index in [1.54, 1.807) is 18.5 Å². The zero-order valence-corrected chi connectivity index (χ0v) is 23.4. The summed E-state index contributed by atoms with van der Waals surface area (Å²) >= 11 is 5.88. The average Bonchev–Trinajstić information content (AvgIpc) is 3.59. The van der Waals surface area contributed by atoms with E-state index < -0.39 is 23.9 Å². The third-order valence-corrected chi connectivity index (χ3v) is 7.68. The molecule has 1 saturated heterocycles. The highest BCUT2D eigenvalue weighted by atomic mass is 35.5. The van der Waals surface area contributed by atoms with E-state index in [1.807, 2.05) is 43.3 Å². The summed E-state index contributed by atoms with van der Waals surface area (Å²) in [6.45, 7) is 2.70. The molecule has 3 N–H and O–H groups in total. The maximum atomic E-state index is 14.2. The molecule has 41 heavy (non-hydrogen) atoms. The second kappa shape index (κ2) is 13.1. The summed E-state index contributed by atoms with van der Waals surface area (Å²) in [6.07, 6.45) is 6.74. The Hall–Kier alpha value is -4.02. The van der Waals surface area contributed by atoms with Crippen molar-refractivity contribution >= 4 is 23.6 Å². The number of nitrogens with zero attached hydrogens (tertiary/aromatic N) is 3. The van der Waals surface area contributed by atoms with Crippen LogP contribution in [0.5, 0.6) is 0 Å². The zero-order valence-electron chi connectivity index (χ0n) is 22.6. The van der Waals surface area contributed by atoms with Gasteiger partial charge in [-0.05, 0) is 73.1 Å². The summed E-state index contributed by atoms with van der Waals surface area (Å²) in [5.41, 5.74) is 10.0. The monoisotopic (exact) mass is 578 g/mol. The van der Waals surface area contributed by atoms with Crippen LogP contribution in [0.4, 0.5) is 9.18 Å². The van der Waals surface area contributed by atoms with Crippen LogP contribution < -0.4 is 16.2 Å². The third kappa shape index (κ3) is 7.01. The van der Waals surface area contributed by atoms with Gasteiger partial charge < -0.3 is 15.5 Å². The highest BCUT2D eigenvalue weighted by Crippen LogP contribution is 2.26. The lowest BCUT2D eigenvalue weighted by atomic mass is 9.92. The minimum Gasteiger partial charge on any atom is -0.447 e. The number of rotatable bonds is 11. The van der Waals surface area contributed by atoms with Gasteiger partial charge in [0.25, 0.3) is 0 Å². The van der Waals surface area contributed by atoms with Gasteiger partial charge in [0, 0.05) is 12.5 Å². The SMILES string of the molecule is Cc1cnncc1C1C=C(NCCC[C@@H](Cc2ccc(Cl)c(F)c2)C(=O)N2C(=O)OC[C@H]2Cc2ccccc2)NN1. The Kier molecular flexibility index (Phi) is 9.11. The van der Waals surface area contributed by atoms with Crippen LogP contribution in [-0.4, -0.2) is 46.3 Å². The Labute approximate surface area is 243 Å². The molecular formula is C30H32ClFN6O3. The summed E-state index contributed by atoms with van der Waals surface area (Å²) in [5.74, 6) is -0.590. The van der Waals surface area contributed by atoms with Gasteiger partial charge in [-0.2, -0.15) is 10.2 Å². The fourth-order valence-corrected chi connectivity index (χ4v) is 5.31. The molecule has 2 amide bonds. The molecule has 1 fully saturated rings. The van der Waals surface area contributed by atoms with E-state index in [1.165, 1.54) is 17.0 Å². The highest BCUT2D eigenvalue weighted by Gasteiger charge is 2.40. The third-order valence-electron chi connectivity index (χ3n) is 7.37. The summed E-state index contributed by atoms with van der Waals surface area (Å²) in [7, 11) is 0. The minimum absolute atomic E-state index is 0.0221. The molecule has 2 aliphatic rings. The van der Waals surface area contributed by atoms with Crippen LogP contribution in [-0.2, 0) is 22.4 Å². The van der Waals surface area contributed by atoms with Crippen LogP contribution in [0.1, 0.15) is 41.1 Å². The molecule has 2 aliphatic heterocycles. The number of halogens is 2. The molecule has 1 unspecified atom stereocenters. The summed E-state index contributed by atoms with van der Waals surface area (Å²) < 4.78 is 19.5. The first-order valence-corrected chi connectivity index (χ1v) is 14.0. The molecule has 0 bridgehead atoms. The number of aromatic nitrogens is 2. The molecule has 0 saturated carbocycles. The first-order valence-electron chi connectivity index (χ1n) is 13.6. The second-order valence-corrected chi connectivity index (χ2v) is 10.7. The number of hydrogen-bond acceptors (Lipinski definition) is 8. The second-order valence-electron chi connectivity index (χ2n) is 10.3. The van der Waals surface area contributed by atoms with Crippen LogP contribution >= 0.6 is 11.6 Å². The number of carbonyl (C=O) groups is 2. The van der Waals surface area contributed by atoms with Crippen molar-refractivity contribution < 1.29 is 18.7 Å². The largest absolute Gasteiger partial charge is 0.447 e. The maximum absolute atomic E-state index is 14.2. The van der Waals surface area contributed by atoms with Gasteiger partial charge in [-0.15, -0.1) is 0 Å². The standard InChI is InChI=1S/C30H32ClFN6O3/c1-19-16-34-35-17-24(19)27-15-28(37-36-27)33-11-5-8-22(12-21-9-10-25(31)26(32)14-21)29(39)38-23(18-41-30(38)40)13-20-6-3-2-4-7-20/h2-4,6-7,9-10,14-17,22-23,27,33,36-37H,5,8,11-13,18H2,1H3/t22-,23+,27?/m0/s1. The first kappa shape index (κ1) is 28.5. The van der Waals surface area contributed by atoms with Gasteiger partial charge in [-0.25, -0.2) is 19.5 Å². The molecular weight excluding hydrogens is 547 g/mol. The van der Waals surface area contributed by atoms with Crippen molar-refractivity contribution in [1.82, 2.24) is 31.3 Å². The van der Waals surface area contributed by atoms with Crippen LogP contribution in [0.2, 0.25) is 5.02 Å². The number of imide groups is 1. The van der Waals surface area contributed by atoms with Crippen molar-refractivity contribution in [2.24, 2.45) is 5.92 Å². The number of ether oxygens (including phenoxy) is 1. The molecule has 2 aromatic carbocycles. The molecule has 0 radical (unpaired) electrons. The van der Waals surface area contributed by atoms with Gasteiger partial charge in [0.15, 0.2) is 0 Å². The van der Waals surface area contributed by atoms with E-state index in [0.29, 0.717) is 31.4 Å². The zero-order chi connectivity index (χ0) is 28.8. The predicted octanol–water partition coefficient (Wildman–Crippen LogP) is 4.39. The molecule has 11 heteroatoms. The van der Waals surface area contributed by atoms with Gasteiger partial charge in [0.2, 0.25) is 5.91 Å². The van der Waals surface area contributed by atoms with E-state index >= 15 is 0 Å². The van der Waals surface area contributed by atoms with Crippen molar-refractivity contribution in [1.29, 1.82) is 0 Å². The Balaban J connectivity index is 1.25. The van der Waals surface area contributed by atoms with E-state index in [-0.39, 0.29) is 30.0 Å². The number of nitrogens with one attached hydrogen (secondary N) is 3. The number of cyclic esters (lactones) is 1. The van der Waals surface area contributed by atoms with Crippen LogP contribution in [0.15, 0.2) is 72.8 Å². The lowest BCUT2D eigenvalue weighted by Crippen LogP contribution is -2.44. The minimum atomic E-state index is -0.639. The highest BCUT2D eigenvalue weighted by molar-refractivity contribution is 6.30. The molecule has 5 rings (SSSR count).